The van der Waals surface area contributed by atoms with E-state index in [4.69, 9.17) is 9.84 Å². The summed E-state index contributed by atoms with van der Waals surface area (Å²) in [5.41, 5.74) is 0.0453. The van der Waals surface area contributed by atoms with Crippen LogP contribution in [0.25, 0.3) is 0 Å². The fourth-order valence-electron chi connectivity index (χ4n) is 5.33. The van der Waals surface area contributed by atoms with E-state index in [0.717, 1.165) is 12.0 Å². The van der Waals surface area contributed by atoms with Gasteiger partial charge in [0.05, 0.1) is 12.7 Å². The van der Waals surface area contributed by atoms with Gasteiger partial charge in [-0.25, -0.2) is 4.79 Å². The highest BCUT2D eigenvalue weighted by Gasteiger charge is 2.53. The zero-order chi connectivity index (χ0) is 28.3. The highest BCUT2D eigenvalue weighted by Crippen LogP contribution is 2.34. The minimum absolute atomic E-state index is 0.0541. The quantitative estimate of drug-likeness (QED) is 0.214. The van der Waals surface area contributed by atoms with E-state index in [1.807, 2.05) is 37.3 Å². The van der Waals surface area contributed by atoms with Gasteiger partial charge in [0.2, 0.25) is 11.8 Å². The molecule has 0 aliphatic carbocycles. The van der Waals surface area contributed by atoms with Crippen molar-refractivity contribution in [2.24, 2.45) is 0 Å². The number of piperidine rings is 1. The number of aliphatic hydroxyl groups excluding tert-OH is 3. The smallest absolute Gasteiger partial charge is 0.407 e. The van der Waals surface area contributed by atoms with Gasteiger partial charge in [-0.05, 0) is 50.5 Å². The lowest BCUT2D eigenvalue weighted by molar-refractivity contribution is -0.161. The SMILES string of the molecule is CCCN1C(=O)[C@H](CCCCNC(=O)OCc2ccccc2)NC(=O)C12CCN(CC[C@H](O)[C@H](O)CO)CC2. The van der Waals surface area contributed by atoms with Crippen LogP contribution in [-0.4, -0.2) is 106 Å². The van der Waals surface area contributed by atoms with Crippen LogP contribution in [0.1, 0.15) is 57.4 Å². The molecule has 3 rings (SSSR count). The number of amides is 3. The van der Waals surface area contributed by atoms with Crippen molar-refractivity contribution in [2.45, 2.75) is 82.3 Å². The van der Waals surface area contributed by atoms with Crippen LogP contribution < -0.4 is 10.6 Å². The minimum Gasteiger partial charge on any atom is -0.445 e. The topological polar surface area (TPSA) is 152 Å². The molecule has 0 saturated carbocycles. The molecule has 2 heterocycles. The third-order valence-electron chi connectivity index (χ3n) is 7.71. The molecule has 39 heavy (non-hydrogen) atoms. The largest absolute Gasteiger partial charge is 0.445 e. The number of benzene rings is 1. The monoisotopic (exact) mass is 548 g/mol. The van der Waals surface area contributed by atoms with Gasteiger partial charge >= 0.3 is 6.09 Å². The van der Waals surface area contributed by atoms with Gasteiger partial charge in [0.25, 0.3) is 0 Å². The first-order valence-electron chi connectivity index (χ1n) is 14.1. The zero-order valence-corrected chi connectivity index (χ0v) is 22.9. The van der Waals surface area contributed by atoms with Crippen LogP contribution in [0.4, 0.5) is 4.79 Å². The van der Waals surface area contributed by atoms with Gasteiger partial charge in [-0.3, -0.25) is 9.59 Å². The maximum absolute atomic E-state index is 13.5. The summed E-state index contributed by atoms with van der Waals surface area (Å²) in [6.07, 6.45) is 1.25. The second-order valence-electron chi connectivity index (χ2n) is 10.5. The molecular weight excluding hydrogens is 504 g/mol. The molecule has 11 heteroatoms. The summed E-state index contributed by atoms with van der Waals surface area (Å²) in [6.45, 7) is 4.37. The summed E-state index contributed by atoms with van der Waals surface area (Å²) in [6, 6.07) is 8.86. The predicted molar refractivity (Wildman–Crippen MR) is 145 cm³/mol. The van der Waals surface area contributed by atoms with E-state index in [1.165, 1.54) is 0 Å². The number of piperazine rings is 1. The first-order chi connectivity index (χ1) is 18.8. The molecule has 2 aliphatic rings. The second kappa shape index (κ2) is 15.2. The molecular formula is C28H44N4O7. The third kappa shape index (κ3) is 8.38. The Kier molecular flexibility index (Phi) is 12.0. The number of carbonyl (C=O) groups excluding carboxylic acids is 3. The Morgan fingerprint density at radius 2 is 1.85 bits per heavy atom. The van der Waals surface area contributed by atoms with Crippen LogP contribution in [0.3, 0.4) is 0 Å². The number of likely N-dealkylation sites (tertiary alicyclic amines) is 1. The lowest BCUT2D eigenvalue weighted by Crippen LogP contribution is -2.72. The number of nitrogens with zero attached hydrogens (tertiary/aromatic N) is 2. The number of ether oxygens (including phenoxy) is 1. The zero-order valence-electron chi connectivity index (χ0n) is 22.9. The van der Waals surface area contributed by atoms with E-state index in [2.05, 4.69) is 15.5 Å². The van der Waals surface area contributed by atoms with Crippen LogP contribution in [0.2, 0.25) is 0 Å². The van der Waals surface area contributed by atoms with E-state index >= 15 is 0 Å². The van der Waals surface area contributed by atoms with Crippen molar-refractivity contribution in [1.82, 2.24) is 20.4 Å². The molecule has 2 saturated heterocycles. The Hall–Kier alpha value is -2.73. The molecule has 1 aromatic rings. The predicted octanol–water partition coefficient (Wildman–Crippen LogP) is 0.759. The number of aliphatic hydroxyl groups is 3. The maximum atomic E-state index is 13.5. The Morgan fingerprint density at radius 3 is 2.51 bits per heavy atom. The average molecular weight is 549 g/mol. The summed E-state index contributed by atoms with van der Waals surface area (Å²) >= 11 is 0. The van der Waals surface area contributed by atoms with Crippen molar-refractivity contribution < 1.29 is 34.4 Å². The van der Waals surface area contributed by atoms with Gasteiger partial charge < -0.3 is 40.5 Å². The van der Waals surface area contributed by atoms with Gasteiger partial charge in [-0.2, -0.15) is 0 Å². The molecule has 3 amide bonds. The molecule has 218 valence electrons. The standard InChI is InChI=1S/C28H44N4O7/c1-2-15-32-25(36)22(10-6-7-14-29-27(38)39-20-21-8-4-3-5-9-21)30-26(37)28(32)12-17-31(18-13-28)16-11-23(34)24(35)19-33/h3-5,8-9,22-24,33-35H,2,6-7,10-20H2,1H3,(H,29,38)(H,30,37)/t22-,23-,24+/m0/s1. The number of rotatable bonds is 14. The highest BCUT2D eigenvalue weighted by molar-refractivity contribution is 6.00. The molecule has 11 nitrogen and oxygen atoms in total. The number of hydrogen-bond acceptors (Lipinski definition) is 8. The summed E-state index contributed by atoms with van der Waals surface area (Å²) < 4.78 is 5.21. The summed E-state index contributed by atoms with van der Waals surface area (Å²) in [5, 5.41) is 34.2. The average Bonchev–Trinajstić information content (AvgIpc) is 2.96. The van der Waals surface area contributed by atoms with E-state index in [9.17, 15) is 24.6 Å². The fourth-order valence-corrected chi connectivity index (χ4v) is 5.33. The summed E-state index contributed by atoms with van der Waals surface area (Å²) in [7, 11) is 0. The van der Waals surface area contributed by atoms with Crippen molar-refractivity contribution in [1.29, 1.82) is 0 Å². The van der Waals surface area contributed by atoms with Crippen LogP contribution in [0.15, 0.2) is 30.3 Å². The number of alkyl carbamates (subject to hydrolysis) is 1. The summed E-state index contributed by atoms with van der Waals surface area (Å²) in [4.78, 5) is 42.6. The normalized spacial score (nSPS) is 20.9. The van der Waals surface area contributed by atoms with Gasteiger partial charge in [-0.15, -0.1) is 0 Å². The second-order valence-corrected chi connectivity index (χ2v) is 10.5. The van der Waals surface area contributed by atoms with Crippen LogP contribution in [0.5, 0.6) is 0 Å². The maximum Gasteiger partial charge on any atom is 0.407 e. The van der Waals surface area contributed by atoms with E-state index in [-0.39, 0.29) is 18.4 Å². The van der Waals surface area contributed by atoms with E-state index < -0.39 is 36.5 Å². The Balaban J connectivity index is 1.43. The van der Waals surface area contributed by atoms with Crippen molar-refractivity contribution in [3.8, 4) is 0 Å². The molecule has 3 atom stereocenters. The molecule has 2 fully saturated rings. The van der Waals surface area contributed by atoms with Gasteiger partial charge in [-0.1, -0.05) is 37.3 Å². The van der Waals surface area contributed by atoms with E-state index in [1.54, 1.807) is 4.90 Å². The Bertz CT molecular complexity index is 924. The van der Waals surface area contributed by atoms with Gasteiger partial charge in [0.1, 0.15) is 24.3 Å². The molecule has 0 bridgehead atoms. The molecule has 0 radical (unpaired) electrons. The minimum atomic E-state index is -1.16. The van der Waals surface area contributed by atoms with Crippen LogP contribution in [0, 0.1) is 0 Å². The van der Waals surface area contributed by atoms with Gasteiger partial charge in [0, 0.05) is 32.7 Å². The van der Waals surface area contributed by atoms with Gasteiger partial charge in [0.15, 0.2) is 0 Å². The highest BCUT2D eigenvalue weighted by atomic mass is 16.5. The number of nitrogens with one attached hydrogen (secondary N) is 2. The molecule has 1 aromatic carbocycles. The number of unbranched alkanes of at least 4 members (excludes halogenated alkanes) is 1. The first kappa shape index (κ1) is 30.8. The Morgan fingerprint density at radius 1 is 1.13 bits per heavy atom. The third-order valence-corrected chi connectivity index (χ3v) is 7.71. The fraction of sp³-hybridized carbons (Fsp3) is 0.679. The summed E-state index contributed by atoms with van der Waals surface area (Å²) in [5.74, 6) is -0.167. The number of carbonyl (C=O) groups is 3. The van der Waals surface area contributed by atoms with Crippen molar-refractivity contribution >= 4 is 17.9 Å². The van der Waals surface area contributed by atoms with E-state index in [0.29, 0.717) is 71.2 Å². The number of hydrogen-bond donors (Lipinski definition) is 5. The lowest BCUT2D eigenvalue weighted by atomic mass is 9.81. The Labute approximate surface area is 230 Å². The molecule has 1 spiro atoms. The molecule has 5 N–H and O–H groups in total. The molecule has 0 aromatic heterocycles. The van der Waals surface area contributed by atoms with Crippen LogP contribution >= 0.6 is 0 Å². The van der Waals surface area contributed by atoms with Crippen molar-refractivity contribution in [2.75, 3.05) is 39.3 Å². The molecule has 2 aliphatic heterocycles. The molecule has 0 unspecified atom stereocenters. The van der Waals surface area contributed by atoms with Crippen molar-refractivity contribution in [3.63, 3.8) is 0 Å². The first-order valence-corrected chi connectivity index (χ1v) is 14.1. The lowest BCUT2D eigenvalue weighted by Gasteiger charge is -2.51. The van der Waals surface area contributed by atoms with Crippen LogP contribution in [-0.2, 0) is 20.9 Å². The van der Waals surface area contributed by atoms with Crippen molar-refractivity contribution in [3.05, 3.63) is 35.9 Å².